The van der Waals surface area contributed by atoms with Crippen LogP contribution in [0.4, 0.5) is 5.82 Å². The molecular weight excluding hydrogens is 234 g/mol. The molecule has 0 aliphatic rings. The van der Waals surface area contributed by atoms with Crippen molar-refractivity contribution in [3.8, 4) is 0 Å². The van der Waals surface area contributed by atoms with Crippen LogP contribution in [0.5, 0.6) is 0 Å². The molecule has 0 bridgehead atoms. The quantitative estimate of drug-likeness (QED) is 0.863. The minimum Gasteiger partial charge on any atom is -0.352 e. The van der Waals surface area contributed by atoms with E-state index in [1.54, 1.807) is 0 Å². The number of hydrogen-bond donors (Lipinski definition) is 1. The fraction of sp³-hybridized carbons (Fsp3) is 0.312. The van der Waals surface area contributed by atoms with Gasteiger partial charge in [-0.2, -0.15) is 0 Å². The monoisotopic (exact) mass is 255 g/mol. The molecule has 2 N–H and O–H groups in total. The van der Waals surface area contributed by atoms with E-state index in [1.165, 1.54) is 11.1 Å². The van der Waals surface area contributed by atoms with Gasteiger partial charge < -0.3 is 10.6 Å². The third-order valence-corrected chi connectivity index (χ3v) is 3.07. The molecule has 0 spiro atoms. The zero-order valence-electron chi connectivity index (χ0n) is 11.4. The van der Waals surface area contributed by atoms with Crippen LogP contribution in [0.25, 0.3) is 0 Å². The van der Waals surface area contributed by atoms with Crippen LogP contribution < -0.4 is 10.6 Å². The largest absolute Gasteiger partial charge is 0.352 e. The Morgan fingerprint density at radius 2 is 1.89 bits per heavy atom. The number of hydrogen-bond acceptors (Lipinski definition) is 3. The zero-order valence-corrected chi connectivity index (χ0v) is 11.4. The SMILES string of the molecule is Cc1ccc(N(CCCN)Cc2ccccc2)nc1. The van der Waals surface area contributed by atoms with Crippen molar-refractivity contribution in [1.29, 1.82) is 0 Å². The molecule has 19 heavy (non-hydrogen) atoms. The number of nitrogens with two attached hydrogens (primary N) is 1. The third-order valence-electron chi connectivity index (χ3n) is 3.07. The minimum atomic E-state index is 0.706. The van der Waals surface area contributed by atoms with Gasteiger partial charge in [-0.05, 0) is 37.1 Å². The Kier molecular flexibility index (Phi) is 4.93. The summed E-state index contributed by atoms with van der Waals surface area (Å²) in [6.45, 7) is 4.56. The zero-order chi connectivity index (χ0) is 13.5. The van der Waals surface area contributed by atoms with Gasteiger partial charge in [-0.25, -0.2) is 4.98 Å². The molecule has 0 saturated heterocycles. The van der Waals surface area contributed by atoms with Gasteiger partial charge in [0, 0.05) is 19.3 Å². The molecule has 0 aliphatic carbocycles. The van der Waals surface area contributed by atoms with E-state index in [9.17, 15) is 0 Å². The molecule has 1 aromatic heterocycles. The van der Waals surface area contributed by atoms with Crippen LogP contribution in [0.2, 0.25) is 0 Å². The first kappa shape index (κ1) is 13.6. The van der Waals surface area contributed by atoms with Crippen molar-refractivity contribution in [3.05, 3.63) is 59.8 Å². The predicted molar refractivity (Wildman–Crippen MR) is 80.1 cm³/mol. The highest BCUT2D eigenvalue weighted by atomic mass is 15.2. The highest BCUT2D eigenvalue weighted by Crippen LogP contribution is 2.15. The molecule has 2 rings (SSSR count). The fourth-order valence-electron chi connectivity index (χ4n) is 2.01. The molecular formula is C16H21N3. The number of aryl methyl sites for hydroxylation is 1. The molecule has 1 aromatic carbocycles. The van der Waals surface area contributed by atoms with Gasteiger partial charge in [-0.15, -0.1) is 0 Å². The lowest BCUT2D eigenvalue weighted by atomic mass is 10.2. The van der Waals surface area contributed by atoms with Crippen LogP contribution in [-0.2, 0) is 6.54 Å². The predicted octanol–water partition coefficient (Wildman–Crippen LogP) is 2.75. The summed E-state index contributed by atoms with van der Waals surface area (Å²) in [6.07, 6.45) is 2.89. The maximum atomic E-state index is 5.63. The summed E-state index contributed by atoms with van der Waals surface area (Å²) >= 11 is 0. The summed E-state index contributed by atoms with van der Waals surface area (Å²) in [5.74, 6) is 1.02. The van der Waals surface area contributed by atoms with Crippen molar-refractivity contribution in [2.24, 2.45) is 5.73 Å². The Bertz CT molecular complexity index is 479. The average molecular weight is 255 g/mol. The maximum Gasteiger partial charge on any atom is 0.128 e. The van der Waals surface area contributed by atoms with E-state index in [1.807, 2.05) is 12.3 Å². The topological polar surface area (TPSA) is 42.1 Å². The van der Waals surface area contributed by atoms with Crippen molar-refractivity contribution in [3.63, 3.8) is 0 Å². The van der Waals surface area contributed by atoms with Crippen LogP contribution >= 0.6 is 0 Å². The Morgan fingerprint density at radius 1 is 1.11 bits per heavy atom. The molecule has 0 unspecified atom stereocenters. The van der Waals surface area contributed by atoms with Crippen LogP contribution in [0.15, 0.2) is 48.7 Å². The highest BCUT2D eigenvalue weighted by molar-refractivity contribution is 5.40. The van der Waals surface area contributed by atoms with Gasteiger partial charge >= 0.3 is 0 Å². The van der Waals surface area contributed by atoms with Gasteiger partial charge in [0.25, 0.3) is 0 Å². The Morgan fingerprint density at radius 3 is 2.53 bits per heavy atom. The van der Waals surface area contributed by atoms with E-state index in [0.717, 1.165) is 25.3 Å². The molecule has 0 fully saturated rings. The summed E-state index contributed by atoms with van der Waals surface area (Å²) in [5.41, 5.74) is 8.10. The number of anilines is 1. The molecule has 2 aromatic rings. The second-order valence-corrected chi connectivity index (χ2v) is 4.74. The molecule has 0 atom stereocenters. The molecule has 1 heterocycles. The van der Waals surface area contributed by atoms with Gasteiger partial charge in [-0.3, -0.25) is 0 Å². The van der Waals surface area contributed by atoms with E-state index in [0.29, 0.717) is 6.54 Å². The summed E-state index contributed by atoms with van der Waals surface area (Å²) in [4.78, 5) is 6.79. The highest BCUT2D eigenvalue weighted by Gasteiger charge is 2.07. The summed E-state index contributed by atoms with van der Waals surface area (Å²) in [7, 11) is 0. The Labute approximate surface area is 115 Å². The average Bonchev–Trinajstić information content (AvgIpc) is 2.45. The third kappa shape index (κ3) is 4.07. The van der Waals surface area contributed by atoms with Crippen molar-refractivity contribution in [2.75, 3.05) is 18.0 Å². The second kappa shape index (κ2) is 6.90. The second-order valence-electron chi connectivity index (χ2n) is 4.74. The number of benzene rings is 1. The Balaban J connectivity index is 2.13. The number of rotatable bonds is 6. The normalized spacial score (nSPS) is 10.4. The van der Waals surface area contributed by atoms with E-state index >= 15 is 0 Å². The van der Waals surface area contributed by atoms with Gasteiger partial charge in [0.1, 0.15) is 5.82 Å². The van der Waals surface area contributed by atoms with Gasteiger partial charge in [-0.1, -0.05) is 36.4 Å². The number of pyridine rings is 1. The van der Waals surface area contributed by atoms with Crippen molar-refractivity contribution < 1.29 is 0 Å². The number of nitrogens with zero attached hydrogens (tertiary/aromatic N) is 2. The van der Waals surface area contributed by atoms with Crippen molar-refractivity contribution >= 4 is 5.82 Å². The fourth-order valence-corrected chi connectivity index (χ4v) is 2.01. The summed E-state index contributed by atoms with van der Waals surface area (Å²) in [5, 5.41) is 0. The standard InChI is InChI=1S/C16H21N3/c1-14-8-9-16(18-12-14)19(11-5-10-17)13-15-6-3-2-4-7-15/h2-4,6-9,12H,5,10-11,13,17H2,1H3. The lowest BCUT2D eigenvalue weighted by Gasteiger charge is -2.23. The van der Waals surface area contributed by atoms with Crippen molar-refractivity contribution in [2.45, 2.75) is 19.9 Å². The number of aromatic nitrogens is 1. The molecule has 0 amide bonds. The smallest absolute Gasteiger partial charge is 0.128 e. The lowest BCUT2D eigenvalue weighted by Crippen LogP contribution is -2.26. The van der Waals surface area contributed by atoms with Gasteiger partial charge in [0.2, 0.25) is 0 Å². The van der Waals surface area contributed by atoms with E-state index in [-0.39, 0.29) is 0 Å². The van der Waals surface area contributed by atoms with E-state index in [2.05, 4.69) is 53.2 Å². The van der Waals surface area contributed by atoms with Crippen molar-refractivity contribution in [1.82, 2.24) is 4.98 Å². The first-order chi connectivity index (χ1) is 9.29. The Hall–Kier alpha value is -1.87. The van der Waals surface area contributed by atoms with Crippen LogP contribution in [-0.4, -0.2) is 18.1 Å². The van der Waals surface area contributed by atoms with Gasteiger partial charge in [0.15, 0.2) is 0 Å². The minimum absolute atomic E-state index is 0.706. The molecule has 0 saturated carbocycles. The first-order valence-corrected chi connectivity index (χ1v) is 6.71. The van der Waals surface area contributed by atoms with Crippen LogP contribution in [0.3, 0.4) is 0 Å². The van der Waals surface area contributed by atoms with Crippen LogP contribution in [0, 0.1) is 6.92 Å². The summed E-state index contributed by atoms with van der Waals surface area (Å²) in [6, 6.07) is 14.6. The summed E-state index contributed by atoms with van der Waals surface area (Å²) < 4.78 is 0. The molecule has 3 heteroatoms. The van der Waals surface area contributed by atoms with Crippen LogP contribution in [0.1, 0.15) is 17.5 Å². The first-order valence-electron chi connectivity index (χ1n) is 6.71. The van der Waals surface area contributed by atoms with Gasteiger partial charge in [0.05, 0.1) is 0 Å². The molecule has 3 nitrogen and oxygen atoms in total. The van der Waals surface area contributed by atoms with E-state index < -0.39 is 0 Å². The molecule has 0 radical (unpaired) electrons. The molecule has 100 valence electrons. The lowest BCUT2D eigenvalue weighted by molar-refractivity contribution is 0.726. The van der Waals surface area contributed by atoms with E-state index in [4.69, 9.17) is 5.73 Å². The maximum absolute atomic E-state index is 5.63. The molecule has 0 aliphatic heterocycles.